The van der Waals surface area contributed by atoms with E-state index in [1.165, 1.54) is 16.2 Å². The number of carbonyl (C=O) groups excluding carboxylic acids is 2. The van der Waals surface area contributed by atoms with Crippen LogP contribution < -0.4 is 17.0 Å². The summed E-state index contributed by atoms with van der Waals surface area (Å²) >= 11 is 7.51. The highest BCUT2D eigenvalue weighted by Crippen LogP contribution is 2.53. The van der Waals surface area contributed by atoms with E-state index in [0.29, 0.717) is 22.5 Å². The molecule has 0 unspecified atom stereocenters. The first kappa shape index (κ1) is 23.9. The van der Waals surface area contributed by atoms with Gasteiger partial charge in [0.15, 0.2) is 5.76 Å². The van der Waals surface area contributed by atoms with Crippen LogP contribution in [0.1, 0.15) is 31.2 Å². The fourth-order valence-electron chi connectivity index (χ4n) is 5.47. The van der Waals surface area contributed by atoms with Gasteiger partial charge in [0, 0.05) is 19.0 Å². The van der Waals surface area contributed by atoms with Crippen molar-refractivity contribution >= 4 is 34.8 Å². The van der Waals surface area contributed by atoms with Crippen LogP contribution in [0, 0.1) is 11.8 Å². The van der Waals surface area contributed by atoms with Gasteiger partial charge in [-0.05, 0) is 31.5 Å². The molecular weight excluding hydrogens is 516 g/mol. The Bertz CT molecular complexity index is 1020. The molecule has 2 amide bonds. The molecule has 32 heavy (non-hydrogen) atoms. The number of amides is 2. The number of imide groups is 1. The molecule has 0 spiro atoms. The summed E-state index contributed by atoms with van der Waals surface area (Å²) in [5.74, 6) is 0.439. The van der Waals surface area contributed by atoms with Crippen LogP contribution >= 0.6 is 22.9 Å². The molecule has 0 aromatic carbocycles. The Hall–Kier alpha value is -1.26. The molecule has 0 radical (unpaired) electrons. The van der Waals surface area contributed by atoms with E-state index in [2.05, 4.69) is 31.0 Å². The first-order valence-electron chi connectivity index (χ1n) is 10.9. The number of fused-ring (bicyclic) bond motifs is 3. The highest BCUT2D eigenvalue weighted by molar-refractivity contribution is 7.19. The van der Waals surface area contributed by atoms with Gasteiger partial charge < -0.3 is 25.9 Å². The van der Waals surface area contributed by atoms with Crippen LogP contribution in [0.4, 0.5) is 0 Å². The molecule has 5 heterocycles. The van der Waals surface area contributed by atoms with Crippen molar-refractivity contribution in [1.29, 1.82) is 0 Å². The SMILES string of the molecule is C[N+](C)(C)CCCN1C(=O)[C@@H]2[C@H](C1=O)[C@H](c1ncc(-c3ccc(Cl)s3)o1)N1CCC[C@@H]21.[Br-]. The molecular formula is C22H28BrClN4O3S. The van der Waals surface area contributed by atoms with E-state index in [4.69, 9.17) is 16.0 Å². The number of aromatic nitrogens is 1. The van der Waals surface area contributed by atoms with E-state index < -0.39 is 5.92 Å². The Morgan fingerprint density at radius 2 is 1.97 bits per heavy atom. The van der Waals surface area contributed by atoms with Crippen molar-refractivity contribution in [3.8, 4) is 10.6 Å². The molecule has 3 saturated heterocycles. The summed E-state index contributed by atoms with van der Waals surface area (Å²) in [4.78, 5) is 36.0. The van der Waals surface area contributed by atoms with E-state index >= 15 is 0 Å². The van der Waals surface area contributed by atoms with Crippen molar-refractivity contribution in [2.24, 2.45) is 11.8 Å². The van der Waals surface area contributed by atoms with E-state index in [9.17, 15) is 9.59 Å². The molecule has 4 atom stereocenters. The van der Waals surface area contributed by atoms with Gasteiger partial charge in [0.05, 0.1) is 61.0 Å². The lowest BCUT2D eigenvalue weighted by Gasteiger charge is -2.27. The lowest BCUT2D eigenvalue weighted by atomic mass is 9.88. The summed E-state index contributed by atoms with van der Waals surface area (Å²) in [5.41, 5.74) is 0. The van der Waals surface area contributed by atoms with E-state index in [1.54, 1.807) is 6.20 Å². The number of nitrogens with zero attached hydrogens (tertiary/aromatic N) is 4. The van der Waals surface area contributed by atoms with Crippen LogP contribution in [-0.4, -0.2) is 77.9 Å². The monoisotopic (exact) mass is 542 g/mol. The zero-order valence-electron chi connectivity index (χ0n) is 18.5. The second kappa shape index (κ2) is 8.83. The first-order valence-corrected chi connectivity index (χ1v) is 12.1. The molecule has 0 saturated carbocycles. The first-order chi connectivity index (χ1) is 14.7. The maximum Gasteiger partial charge on any atom is 0.235 e. The average molecular weight is 544 g/mol. The average Bonchev–Trinajstić information content (AvgIpc) is 3.47. The molecule has 174 valence electrons. The molecule has 10 heteroatoms. The lowest BCUT2D eigenvalue weighted by Crippen LogP contribution is -3.00. The van der Waals surface area contributed by atoms with Crippen molar-refractivity contribution < 1.29 is 35.5 Å². The fraction of sp³-hybridized carbons (Fsp3) is 0.591. The molecule has 0 N–H and O–H groups in total. The molecule has 2 aromatic heterocycles. The predicted molar refractivity (Wildman–Crippen MR) is 119 cm³/mol. The van der Waals surface area contributed by atoms with Crippen molar-refractivity contribution in [3.63, 3.8) is 0 Å². The highest BCUT2D eigenvalue weighted by Gasteiger charge is 2.64. The minimum Gasteiger partial charge on any atom is -1.00 e. The van der Waals surface area contributed by atoms with Gasteiger partial charge in [0.1, 0.15) is 0 Å². The summed E-state index contributed by atoms with van der Waals surface area (Å²) in [5, 5.41) is 0. The van der Waals surface area contributed by atoms with Crippen LogP contribution in [0.3, 0.4) is 0 Å². The number of hydrogen-bond donors (Lipinski definition) is 0. The molecule has 2 aromatic rings. The molecule has 3 aliphatic heterocycles. The van der Waals surface area contributed by atoms with Crippen LogP contribution in [0.2, 0.25) is 4.34 Å². The molecule has 5 rings (SSSR count). The Morgan fingerprint density at radius 1 is 1.22 bits per heavy atom. The largest absolute Gasteiger partial charge is 1.00 e. The minimum absolute atomic E-state index is 0. The number of hydrogen-bond acceptors (Lipinski definition) is 6. The number of likely N-dealkylation sites (tertiary alicyclic amines) is 1. The normalized spacial score (nSPS) is 27.7. The second-order valence-corrected chi connectivity index (χ2v) is 11.5. The number of carbonyl (C=O) groups is 2. The maximum atomic E-state index is 13.4. The Labute approximate surface area is 207 Å². The second-order valence-electron chi connectivity index (χ2n) is 9.81. The van der Waals surface area contributed by atoms with Crippen LogP contribution in [0.5, 0.6) is 0 Å². The summed E-state index contributed by atoms with van der Waals surface area (Å²) in [6, 6.07) is 3.56. The number of halogens is 2. The third-order valence-electron chi connectivity index (χ3n) is 6.75. The number of thiophene rings is 1. The van der Waals surface area contributed by atoms with Crippen molar-refractivity contribution in [2.75, 3.05) is 40.8 Å². The van der Waals surface area contributed by atoms with E-state index in [1.807, 2.05) is 12.1 Å². The van der Waals surface area contributed by atoms with Gasteiger partial charge in [-0.15, -0.1) is 11.3 Å². The molecule has 0 aliphatic carbocycles. The standard InChI is InChI=1S/C22H28ClN4O3S.BrH/c1-27(2,3)11-5-10-26-21(28)17-13-6-4-9-25(13)19(18(17)22(26)29)20-24-12-14(30-20)15-7-8-16(23)31-15;/h7-8,12-13,17-19H,4-6,9-11H2,1-3H3;1H/q+1;/p-1/t13-,17-,18-,19+;/m0./s1. The van der Waals surface area contributed by atoms with Gasteiger partial charge in [-0.3, -0.25) is 19.4 Å². The van der Waals surface area contributed by atoms with Gasteiger partial charge in [-0.2, -0.15) is 0 Å². The summed E-state index contributed by atoms with van der Waals surface area (Å²) < 4.78 is 7.65. The van der Waals surface area contributed by atoms with E-state index in [-0.39, 0.29) is 46.8 Å². The summed E-state index contributed by atoms with van der Waals surface area (Å²) in [6.45, 7) is 2.27. The Balaban J connectivity index is 0.00000245. The van der Waals surface area contributed by atoms with Crippen LogP contribution in [0.15, 0.2) is 22.7 Å². The number of quaternary nitrogens is 1. The molecule has 3 aliphatic rings. The molecule has 3 fully saturated rings. The minimum atomic E-state index is -0.402. The fourth-order valence-corrected chi connectivity index (χ4v) is 6.46. The van der Waals surface area contributed by atoms with Gasteiger partial charge in [-0.1, -0.05) is 11.6 Å². The molecule has 7 nitrogen and oxygen atoms in total. The topological polar surface area (TPSA) is 66.7 Å². The summed E-state index contributed by atoms with van der Waals surface area (Å²) in [7, 11) is 6.36. The Kier molecular flexibility index (Phi) is 6.59. The van der Waals surface area contributed by atoms with E-state index in [0.717, 1.165) is 41.7 Å². The van der Waals surface area contributed by atoms with Gasteiger partial charge in [0.2, 0.25) is 17.7 Å². The van der Waals surface area contributed by atoms with Gasteiger partial charge in [-0.25, -0.2) is 4.98 Å². The van der Waals surface area contributed by atoms with Crippen LogP contribution in [-0.2, 0) is 9.59 Å². The summed E-state index contributed by atoms with van der Waals surface area (Å²) in [6.07, 6.45) is 4.48. The lowest BCUT2D eigenvalue weighted by molar-refractivity contribution is -0.870. The quantitative estimate of drug-likeness (QED) is 0.387. The van der Waals surface area contributed by atoms with Crippen LogP contribution in [0.25, 0.3) is 10.6 Å². The number of oxazole rings is 1. The van der Waals surface area contributed by atoms with Crippen molar-refractivity contribution in [1.82, 2.24) is 14.8 Å². The third kappa shape index (κ3) is 4.07. The third-order valence-corrected chi connectivity index (χ3v) is 7.99. The maximum absolute atomic E-state index is 13.4. The molecule has 0 bridgehead atoms. The number of rotatable bonds is 6. The van der Waals surface area contributed by atoms with Crippen molar-refractivity contribution in [3.05, 3.63) is 28.6 Å². The van der Waals surface area contributed by atoms with Gasteiger partial charge in [0.25, 0.3) is 0 Å². The van der Waals surface area contributed by atoms with Gasteiger partial charge >= 0.3 is 0 Å². The Morgan fingerprint density at radius 3 is 2.66 bits per heavy atom. The smallest absolute Gasteiger partial charge is 0.235 e. The highest BCUT2D eigenvalue weighted by atomic mass is 79.9. The zero-order chi connectivity index (χ0) is 21.9. The zero-order valence-corrected chi connectivity index (χ0v) is 21.6. The van der Waals surface area contributed by atoms with Crippen molar-refractivity contribution in [2.45, 2.75) is 31.3 Å². The predicted octanol–water partition coefficient (Wildman–Crippen LogP) is 0.277.